The molecule has 2 aromatic rings. The molecule has 0 atom stereocenters. The van der Waals surface area contributed by atoms with Crippen LogP contribution in [0.15, 0.2) is 36.4 Å². The Kier molecular flexibility index (Phi) is 3.66. The van der Waals surface area contributed by atoms with E-state index in [9.17, 15) is 0 Å². The van der Waals surface area contributed by atoms with Gasteiger partial charge in [-0.1, -0.05) is 23.7 Å². The highest BCUT2D eigenvalue weighted by Gasteiger charge is 2.07. The van der Waals surface area contributed by atoms with Crippen molar-refractivity contribution in [1.82, 2.24) is 4.98 Å². The lowest BCUT2D eigenvalue weighted by Gasteiger charge is -2.09. The summed E-state index contributed by atoms with van der Waals surface area (Å²) in [5.74, 6) is 1.35. The Balaban J connectivity index is 2.34. The van der Waals surface area contributed by atoms with Crippen LogP contribution in [0.5, 0.6) is 17.4 Å². The molecule has 0 bridgehead atoms. The van der Waals surface area contributed by atoms with Crippen molar-refractivity contribution in [3.8, 4) is 23.4 Å². The SMILES string of the molecule is COc1ccccc1Oc1cc(C#N)cc(Cl)n1. The van der Waals surface area contributed by atoms with Crippen LogP contribution in [-0.4, -0.2) is 12.1 Å². The molecule has 0 aliphatic carbocycles. The summed E-state index contributed by atoms with van der Waals surface area (Å²) in [6, 6.07) is 12.1. The van der Waals surface area contributed by atoms with Gasteiger partial charge in [0.1, 0.15) is 5.15 Å². The number of nitrogens with zero attached hydrogens (tertiary/aromatic N) is 2. The minimum absolute atomic E-state index is 0.207. The lowest BCUT2D eigenvalue weighted by Crippen LogP contribution is -1.92. The zero-order valence-electron chi connectivity index (χ0n) is 9.55. The number of pyridine rings is 1. The van der Waals surface area contributed by atoms with Gasteiger partial charge in [-0.15, -0.1) is 0 Å². The highest BCUT2D eigenvalue weighted by Crippen LogP contribution is 2.30. The van der Waals surface area contributed by atoms with Crippen molar-refractivity contribution >= 4 is 11.6 Å². The van der Waals surface area contributed by atoms with E-state index in [1.807, 2.05) is 18.2 Å². The van der Waals surface area contributed by atoms with Crippen molar-refractivity contribution in [3.05, 3.63) is 47.1 Å². The average molecular weight is 261 g/mol. The Labute approximate surface area is 109 Å². The van der Waals surface area contributed by atoms with Gasteiger partial charge >= 0.3 is 0 Å². The molecule has 4 nitrogen and oxygen atoms in total. The fourth-order valence-corrected chi connectivity index (χ4v) is 1.61. The number of hydrogen-bond acceptors (Lipinski definition) is 4. The largest absolute Gasteiger partial charge is 0.493 e. The van der Waals surface area contributed by atoms with Gasteiger partial charge in [-0.2, -0.15) is 5.26 Å². The van der Waals surface area contributed by atoms with Crippen molar-refractivity contribution in [3.63, 3.8) is 0 Å². The maximum Gasteiger partial charge on any atom is 0.222 e. The van der Waals surface area contributed by atoms with E-state index < -0.39 is 0 Å². The summed E-state index contributed by atoms with van der Waals surface area (Å²) in [6.07, 6.45) is 0. The average Bonchev–Trinajstić information content (AvgIpc) is 2.38. The molecule has 0 N–H and O–H groups in total. The van der Waals surface area contributed by atoms with Gasteiger partial charge in [0, 0.05) is 6.07 Å². The lowest BCUT2D eigenvalue weighted by atomic mass is 10.3. The van der Waals surface area contributed by atoms with Gasteiger partial charge in [-0.25, -0.2) is 4.98 Å². The van der Waals surface area contributed by atoms with Crippen LogP contribution >= 0.6 is 11.6 Å². The van der Waals surface area contributed by atoms with Crippen LogP contribution in [0.4, 0.5) is 0 Å². The van der Waals surface area contributed by atoms with E-state index in [2.05, 4.69) is 4.98 Å². The molecule has 2 rings (SSSR count). The molecule has 0 spiro atoms. The van der Waals surface area contributed by atoms with Crippen LogP contribution in [0.2, 0.25) is 5.15 Å². The van der Waals surface area contributed by atoms with E-state index in [1.54, 1.807) is 19.2 Å². The van der Waals surface area contributed by atoms with E-state index in [0.29, 0.717) is 17.1 Å². The predicted molar refractivity (Wildman–Crippen MR) is 67.0 cm³/mol. The number of halogens is 1. The first-order chi connectivity index (χ1) is 8.72. The van der Waals surface area contributed by atoms with Gasteiger partial charge in [-0.05, 0) is 18.2 Å². The smallest absolute Gasteiger partial charge is 0.222 e. The molecule has 90 valence electrons. The molecule has 0 unspecified atom stereocenters. The molecule has 0 saturated heterocycles. The van der Waals surface area contributed by atoms with Crippen LogP contribution in [0.25, 0.3) is 0 Å². The lowest BCUT2D eigenvalue weighted by molar-refractivity contribution is 0.374. The molecule has 0 amide bonds. The number of para-hydroxylation sites is 2. The fourth-order valence-electron chi connectivity index (χ4n) is 1.41. The predicted octanol–water partition coefficient (Wildman–Crippen LogP) is 3.41. The minimum atomic E-state index is 0.207. The second-order valence-corrected chi connectivity index (χ2v) is 3.77. The van der Waals surface area contributed by atoms with Gasteiger partial charge in [0.15, 0.2) is 11.5 Å². The molecular formula is C13H9ClN2O2. The first-order valence-electron chi connectivity index (χ1n) is 5.11. The molecule has 1 heterocycles. The van der Waals surface area contributed by atoms with Crippen LogP contribution < -0.4 is 9.47 Å². The summed E-state index contributed by atoms with van der Waals surface area (Å²) >= 11 is 5.80. The summed E-state index contributed by atoms with van der Waals surface area (Å²) in [6.45, 7) is 0. The summed E-state index contributed by atoms with van der Waals surface area (Å²) in [5, 5.41) is 9.04. The molecular weight excluding hydrogens is 252 g/mol. The van der Waals surface area contributed by atoms with E-state index in [4.69, 9.17) is 26.3 Å². The van der Waals surface area contributed by atoms with Crippen molar-refractivity contribution in [2.45, 2.75) is 0 Å². The summed E-state index contributed by atoms with van der Waals surface area (Å²) in [7, 11) is 1.55. The molecule has 0 saturated carbocycles. The Morgan fingerprint density at radius 3 is 2.61 bits per heavy atom. The number of rotatable bonds is 3. The second kappa shape index (κ2) is 5.39. The van der Waals surface area contributed by atoms with E-state index >= 15 is 0 Å². The zero-order chi connectivity index (χ0) is 13.0. The third kappa shape index (κ3) is 2.70. The molecule has 5 heteroatoms. The van der Waals surface area contributed by atoms with E-state index in [1.165, 1.54) is 12.1 Å². The third-order valence-corrected chi connectivity index (χ3v) is 2.38. The maximum atomic E-state index is 8.84. The quantitative estimate of drug-likeness (QED) is 0.794. The highest BCUT2D eigenvalue weighted by molar-refractivity contribution is 6.29. The third-order valence-electron chi connectivity index (χ3n) is 2.18. The molecule has 1 aromatic heterocycles. The zero-order valence-corrected chi connectivity index (χ0v) is 10.3. The number of aromatic nitrogens is 1. The topological polar surface area (TPSA) is 55.1 Å². The summed E-state index contributed by atoms with van der Waals surface area (Å²) < 4.78 is 10.7. The first kappa shape index (κ1) is 12.2. The number of ether oxygens (including phenoxy) is 2. The van der Waals surface area contributed by atoms with Gasteiger partial charge in [0.25, 0.3) is 0 Å². The van der Waals surface area contributed by atoms with Crippen LogP contribution in [0, 0.1) is 11.3 Å². The molecule has 1 aromatic carbocycles. The Hall–Kier alpha value is -2.25. The highest BCUT2D eigenvalue weighted by atomic mass is 35.5. The molecule has 18 heavy (non-hydrogen) atoms. The van der Waals surface area contributed by atoms with Gasteiger partial charge < -0.3 is 9.47 Å². The Bertz CT molecular complexity index is 608. The van der Waals surface area contributed by atoms with Gasteiger partial charge in [0.2, 0.25) is 5.88 Å². The van der Waals surface area contributed by atoms with Crippen LogP contribution in [0.1, 0.15) is 5.56 Å². The summed E-state index contributed by atoms with van der Waals surface area (Å²) in [4.78, 5) is 3.99. The molecule has 0 aliphatic rings. The summed E-state index contributed by atoms with van der Waals surface area (Å²) in [5.41, 5.74) is 0.389. The monoisotopic (exact) mass is 260 g/mol. The van der Waals surface area contributed by atoms with Crippen molar-refractivity contribution < 1.29 is 9.47 Å². The first-order valence-corrected chi connectivity index (χ1v) is 5.49. The van der Waals surface area contributed by atoms with Gasteiger partial charge in [-0.3, -0.25) is 0 Å². The molecule has 0 aliphatic heterocycles. The van der Waals surface area contributed by atoms with Crippen LogP contribution in [-0.2, 0) is 0 Å². The number of methoxy groups -OCH3 is 1. The van der Waals surface area contributed by atoms with E-state index in [-0.39, 0.29) is 11.0 Å². The number of hydrogen-bond donors (Lipinski definition) is 0. The Morgan fingerprint density at radius 2 is 1.94 bits per heavy atom. The second-order valence-electron chi connectivity index (χ2n) is 3.38. The number of nitriles is 1. The fraction of sp³-hybridized carbons (Fsp3) is 0.0769. The van der Waals surface area contributed by atoms with Gasteiger partial charge in [0.05, 0.1) is 18.7 Å². The maximum absolute atomic E-state index is 8.84. The normalized spacial score (nSPS) is 9.61. The van der Waals surface area contributed by atoms with Crippen LogP contribution in [0.3, 0.4) is 0 Å². The number of benzene rings is 1. The van der Waals surface area contributed by atoms with Crippen molar-refractivity contribution in [1.29, 1.82) is 5.26 Å². The van der Waals surface area contributed by atoms with Crippen molar-refractivity contribution in [2.24, 2.45) is 0 Å². The Morgan fingerprint density at radius 1 is 1.22 bits per heavy atom. The molecule has 0 radical (unpaired) electrons. The minimum Gasteiger partial charge on any atom is -0.493 e. The standard InChI is InChI=1S/C13H9ClN2O2/c1-17-10-4-2-3-5-11(10)18-13-7-9(8-15)6-12(14)16-13/h2-7H,1H3. The van der Waals surface area contributed by atoms with Crippen molar-refractivity contribution in [2.75, 3.05) is 7.11 Å². The van der Waals surface area contributed by atoms with E-state index in [0.717, 1.165) is 0 Å². The molecule has 0 fully saturated rings.